The zero-order valence-electron chi connectivity index (χ0n) is 10.2. The van der Waals surface area contributed by atoms with Gasteiger partial charge in [0.05, 0.1) is 0 Å². The van der Waals surface area contributed by atoms with E-state index in [2.05, 4.69) is 15.5 Å². The number of carbonyl (C=O) groups excluding carboxylic acids is 1. The van der Waals surface area contributed by atoms with Gasteiger partial charge in [0.1, 0.15) is 0 Å². The molecule has 94 valence electrons. The summed E-state index contributed by atoms with van der Waals surface area (Å²) in [6.45, 7) is 3.82. The van der Waals surface area contributed by atoms with Crippen LogP contribution in [0.5, 0.6) is 0 Å². The van der Waals surface area contributed by atoms with Gasteiger partial charge in [-0.1, -0.05) is 18.1 Å². The Morgan fingerprint density at radius 3 is 2.89 bits per heavy atom. The summed E-state index contributed by atoms with van der Waals surface area (Å²) in [5, 5.41) is 6.38. The van der Waals surface area contributed by atoms with Crippen LogP contribution in [0.15, 0.2) is 22.7 Å². The van der Waals surface area contributed by atoms with Crippen LogP contribution >= 0.6 is 0 Å². The molecule has 1 aromatic heterocycles. The SMILES string of the molecule is CCc1noc(-c2ccc(C)c(NC(N)=O)c2)n1. The Hall–Kier alpha value is -2.37. The summed E-state index contributed by atoms with van der Waals surface area (Å²) in [5.74, 6) is 1.08. The first-order chi connectivity index (χ1) is 8.60. The molecule has 0 aliphatic rings. The average Bonchev–Trinajstić information content (AvgIpc) is 2.80. The minimum Gasteiger partial charge on any atom is -0.351 e. The third kappa shape index (κ3) is 2.48. The zero-order valence-corrected chi connectivity index (χ0v) is 10.2. The number of hydrogen-bond donors (Lipinski definition) is 2. The maximum absolute atomic E-state index is 10.9. The highest BCUT2D eigenvalue weighted by atomic mass is 16.5. The fraction of sp³-hybridized carbons (Fsp3) is 0.250. The second kappa shape index (κ2) is 4.87. The van der Waals surface area contributed by atoms with Crippen molar-refractivity contribution >= 4 is 11.7 Å². The van der Waals surface area contributed by atoms with Crippen molar-refractivity contribution in [1.82, 2.24) is 10.1 Å². The van der Waals surface area contributed by atoms with Gasteiger partial charge in [0, 0.05) is 17.7 Å². The summed E-state index contributed by atoms with van der Waals surface area (Å²) in [6.07, 6.45) is 0.710. The normalized spacial score (nSPS) is 10.3. The lowest BCUT2D eigenvalue weighted by molar-refractivity contribution is 0.259. The first-order valence-corrected chi connectivity index (χ1v) is 5.60. The molecule has 6 heteroatoms. The van der Waals surface area contributed by atoms with Crippen molar-refractivity contribution < 1.29 is 9.32 Å². The standard InChI is InChI=1S/C12H14N4O2/c1-3-10-15-11(18-16-10)8-5-4-7(2)9(6-8)14-12(13)17/h4-6H,3H2,1-2H3,(H3,13,14,17). The predicted molar refractivity (Wildman–Crippen MR) is 67.1 cm³/mol. The topological polar surface area (TPSA) is 94.0 Å². The van der Waals surface area contributed by atoms with E-state index in [0.29, 0.717) is 23.8 Å². The Morgan fingerprint density at radius 2 is 2.28 bits per heavy atom. The van der Waals surface area contributed by atoms with Gasteiger partial charge in [0.2, 0.25) is 0 Å². The molecule has 0 aliphatic carbocycles. The van der Waals surface area contributed by atoms with E-state index >= 15 is 0 Å². The molecule has 0 atom stereocenters. The minimum absolute atomic E-state index is 0.430. The van der Waals surface area contributed by atoms with E-state index in [9.17, 15) is 4.79 Å². The maximum Gasteiger partial charge on any atom is 0.316 e. The number of nitrogens with one attached hydrogen (secondary N) is 1. The van der Waals surface area contributed by atoms with Crippen LogP contribution in [0.2, 0.25) is 0 Å². The molecule has 2 aromatic rings. The van der Waals surface area contributed by atoms with Gasteiger partial charge in [-0.2, -0.15) is 4.98 Å². The van der Waals surface area contributed by atoms with Crippen LogP contribution in [-0.4, -0.2) is 16.2 Å². The number of aromatic nitrogens is 2. The Labute approximate surface area is 104 Å². The van der Waals surface area contributed by atoms with E-state index in [4.69, 9.17) is 10.3 Å². The van der Waals surface area contributed by atoms with Crippen LogP contribution in [0.1, 0.15) is 18.3 Å². The van der Waals surface area contributed by atoms with Crippen LogP contribution in [0.25, 0.3) is 11.5 Å². The molecule has 0 saturated heterocycles. The molecule has 0 fully saturated rings. The quantitative estimate of drug-likeness (QED) is 0.867. The smallest absolute Gasteiger partial charge is 0.316 e. The van der Waals surface area contributed by atoms with Gasteiger partial charge in [0.25, 0.3) is 5.89 Å². The lowest BCUT2D eigenvalue weighted by Gasteiger charge is -2.06. The van der Waals surface area contributed by atoms with Crippen molar-refractivity contribution in [3.05, 3.63) is 29.6 Å². The number of nitrogens with two attached hydrogens (primary N) is 1. The van der Waals surface area contributed by atoms with E-state index in [1.165, 1.54) is 0 Å². The van der Waals surface area contributed by atoms with Gasteiger partial charge in [0.15, 0.2) is 5.82 Å². The number of aryl methyl sites for hydroxylation is 2. The fourth-order valence-corrected chi connectivity index (χ4v) is 1.54. The number of nitrogens with zero attached hydrogens (tertiary/aromatic N) is 2. The molecular formula is C12H14N4O2. The highest BCUT2D eigenvalue weighted by Crippen LogP contribution is 2.24. The molecule has 3 N–H and O–H groups in total. The van der Waals surface area contributed by atoms with Crippen molar-refractivity contribution in [1.29, 1.82) is 0 Å². The lowest BCUT2D eigenvalue weighted by atomic mass is 10.1. The third-order valence-electron chi connectivity index (χ3n) is 2.53. The van der Waals surface area contributed by atoms with Crippen molar-refractivity contribution in [2.45, 2.75) is 20.3 Å². The number of hydrogen-bond acceptors (Lipinski definition) is 4. The second-order valence-electron chi connectivity index (χ2n) is 3.89. The molecular weight excluding hydrogens is 232 g/mol. The largest absolute Gasteiger partial charge is 0.351 e. The van der Waals surface area contributed by atoms with E-state index in [1.807, 2.05) is 26.0 Å². The summed E-state index contributed by atoms with van der Waals surface area (Å²) in [6, 6.07) is 4.87. The van der Waals surface area contributed by atoms with Gasteiger partial charge in [-0.15, -0.1) is 0 Å². The summed E-state index contributed by atoms with van der Waals surface area (Å²) in [7, 11) is 0. The molecule has 0 radical (unpaired) electrons. The monoisotopic (exact) mass is 246 g/mol. The van der Waals surface area contributed by atoms with Crippen molar-refractivity contribution in [2.24, 2.45) is 5.73 Å². The van der Waals surface area contributed by atoms with Gasteiger partial charge < -0.3 is 15.6 Å². The van der Waals surface area contributed by atoms with Crippen molar-refractivity contribution in [2.75, 3.05) is 5.32 Å². The molecule has 0 bridgehead atoms. The van der Waals surface area contributed by atoms with Gasteiger partial charge >= 0.3 is 6.03 Å². The Kier molecular flexibility index (Phi) is 3.27. The van der Waals surface area contributed by atoms with E-state index in [1.54, 1.807) is 6.07 Å². The number of carbonyl (C=O) groups is 1. The molecule has 18 heavy (non-hydrogen) atoms. The van der Waals surface area contributed by atoms with Gasteiger partial charge in [-0.05, 0) is 24.6 Å². The zero-order chi connectivity index (χ0) is 13.1. The van der Waals surface area contributed by atoms with E-state index < -0.39 is 6.03 Å². The average molecular weight is 246 g/mol. The molecule has 0 saturated carbocycles. The number of primary amides is 1. The highest BCUT2D eigenvalue weighted by Gasteiger charge is 2.10. The molecule has 0 aliphatic heterocycles. The summed E-state index contributed by atoms with van der Waals surface area (Å²) < 4.78 is 5.14. The fourth-order valence-electron chi connectivity index (χ4n) is 1.54. The third-order valence-corrected chi connectivity index (χ3v) is 2.53. The van der Waals surface area contributed by atoms with Gasteiger partial charge in [-0.3, -0.25) is 0 Å². The van der Waals surface area contributed by atoms with Crippen LogP contribution in [0, 0.1) is 6.92 Å². The molecule has 2 amide bonds. The summed E-state index contributed by atoms with van der Waals surface area (Å²) in [4.78, 5) is 15.1. The minimum atomic E-state index is -0.602. The number of benzene rings is 1. The number of amides is 2. The van der Waals surface area contributed by atoms with Crippen molar-refractivity contribution in [3.8, 4) is 11.5 Å². The Bertz CT molecular complexity index is 577. The number of anilines is 1. The van der Waals surface area contributed by atoms with E-state index in [0.717, 1.165) is 11.1 Å². The summed E-state index contributed by atoms with van der Waals surface area (Å²) >= 11 is 0. The first-order valence-electron chi connectivity index (χ1n) is 5.60. The predicted octanol–water partition coefficient (Wildman–Crippen LogP) is 2.10. The Morgan fingerprint density at radius 1 is 1.50 bits per heavy atom. The first kappa shape index (κ1) is 12.1. The summed E-state index contributed by atoms with van der Waals surface area (Å²) in [5.41, 5.74) is 7.40. The maximum atomic E-state index is 10.9. The van der Waals surface area contributed by atoms with E-state index in [-0.39, 0.29) is 0 Å². The number of urea groups is 1. The molecule has 1 aromatic carbocycles. The highest BCUT2D eigenvalue weighted by molar-refractivity contribution is 5.89. The molecule has 6 nitrogen and oxygen atoms in total. The van der Waals surface area contributed by atoms with Gasteiger partial charge in [-0.25, -0.2) is 4.79 Å². The van der Waals surface area contributed by atoms with Crippen LogP contribution in [0.3, 0.4) is 0 Å². The van der Waals surface area contributed by atoms with Crippen LogP contribution in [-0.2, 0) is 6.42 Å². The van der Waals surface area contributed by atoms with Crippen LogP contribution in [0.4, 0.5) is 10.5 Å². The second-order valence-corrected chi connectivity index (χ2v) is 3.89. The van der Waals surface area contributed by atoms with Crippen molar-refractivity contribution in [3.63, 3.8) is 0 Å². The number of rotatable bonds is 3. The molecule has 2 rings (SSSR count). The van der Waals surface area contributed by atoms with Crippen LogP contribution < -0.4 is 11.1 Å². The molecule has 0 spiro atoms. The molecule has 0 unspecified atom stereocenters. The molecule has 1 heterocycles. The lowest BCUT2D eigenvalue weighted by Crippen LogP contribution is -2.19. The Balaban J connectivity index is 2.36.